The summed E-state index contributed by atoms with van der Waals surface area (Å²) in [6.07, 6.45) is 2.33. The Balaban J connectivity index is 2.24. The van der Waals surface area contributed by atoms with E-state index in [2.05, 4.69) is 4.98 Å². The van der Waals surface area contributed by atoms with Crippen molar-refractivity contribution in [3.05, 3.63) is 23.4 Å². The number of ether oxygens (including phenoxy) is 1. The van der Waals surface area contributed by atoms with Crippen molar-refractivity contribution in [1.29, 1.82) is 0 Å². The van der Waals surface area contributed by atoms with Crippen LogP contribution in [0.15, 0.2) is 12.1 Å². The molecule has 0 amide bonds. The summed E-state index contributed by atoms with van der Waals surface area (Å²) in [5.74, 6) is -1.76. The van der Waals surface area contributed by atoms with Crippen molar-refractivity contribution in [2.75, 3.05) is 6.61 Å². The minimum absolute atomic E-state index is 0.214. The van der Waals surface area contributed by atoms with E-state index in [1.54, 1.807) is 6.07 Å². The molecule has 1 heterocycles. The standard InChI is InChI=1S/C14H19F2NO/c1-9(2)11-6-7-12(14(3,15)16)17-13(11)18-8-10-4-5-10/h6-7,9-10H,4-5,8H2,1-3H3. The molecule has 4 heteroatoms. The maximum absolute atomic E-state index is 13.3. The molecule has 100 valence electrons. The highest BCUT2D eigenvalue weighted by Gasteiger charge is 2.28. The molecule has 1 fully saturated rings. The maximum Gasteiger partial charge on any atom is 0.287 e. The molecule has 1 aliphatic rings. The van der Waals surface area contributed by atoms with E-state index in [1.165, 1.54) is 18.9 Å². The highest BCUT2D eigenvalue weighted by atomic mass is 19.3. The van der Waals surface area contributed by atoms with Crippen LogP contribution >= 0.6 is 0 Å². The molecule has 0 aromatic carbocycles. The molecule has 0 saturated heterocycles. The second-order valence-corrected chi connectivity index (χ2v) is 5.39. The molecule has 18 heavy (non-hydrogen) atoms. The summed E-state index contributed by atoms with van der Waals surface area (Å²) in [4.78, 5) is 3.99. The number of rotatable bonds is 5. The van der Waals surface area contributed by atoms with E-state index in [1.807, 2.05) is 13.8 Å². The summed E-state index contributed by atoms with van der Waals surface area (Å²) in [5.41, 5.74) is 0.668. The van der Waals surface area contributed by atoms with Gasteiger partial charge in [0, 0.05) is 12.5 Å². The third kappa shape index (κ3) is 3.18. The van der Waals surface area contributed by atoms with Crippen molar-refractivity contribution < 1.29 is 13.5 Å². The lowest BCUT2D eigenvalue weighted by Crippen LogP contribution is -2.13. The van der Waals surface area contributed by atoms with Crippen molar-refractivity contribution in [1.82, 2.24) is 4.98 Å². The minimum Gasteiger partial charge on any atom is -0.477 e. The molecule has 0 N–H and O–H groups in total. The first kappa shape index (κ1) is 13.2. The van der Waals surface area contributed by atoms with E-state index >= 15 is 0 Å². The van der Waals surface area contributed by atoms with Crippen LogP contribution in [-0.2, 0) is 5.92 Å². The van der Waals surface area contributed by atoms with Gasteiger partial charge < -0.3 is 4.74 Å². The van der Waals surface area contributed by atoms with E-state index in [4.69, 9.17) is 4.74 Å². The first-order chi connectivity index (χ1) is 8.38. The van der Waals surface area contributed by atoms with Gasteiger partial charge >= 0.3 is 0 Å². The Bertz CT molecular complexity index is 422. The third-order valence-electron chi connectivity index (χ3n) is 3.11. The number of halogens is 2. The Hall–Kier alpha value is -1.19. The summed E-state index contributed by atoms with van der Waals surface area (Å²) in [6.45, 7) is 5.45. The molecule has 1 aromatic rings. The Kier molecular flexibility index (Phi) is 3.55. The molecular formula is C14H19F2NO. The Morgan fingerprint density at radius 1 is 1.39 bits per heavy atom. The molecular weight excluding hydrogens is 236 g/mol. The van der Waals surface area contributed by atoms with Gasteiger partial charge in [-0.1, -0.05) is 19.9 Å². The van der Waals surface area contributed by atoms with Crippen LogP contribution in [-0.4, -0.2) is 11.6 Å². The molecule has 1 saturated carbocycles. The Morgan fingerprint density at radius 3 is 2.56 bits per heavy atom. The lowest BCUT2D eigenvalue weighted by atomic mass is 10.0. The van der Waals surface area contributed by atoms with E-state index in [-0.39, 0.29) is 11.6 Å². The molecule has 0 bridgehead atoms. The first-order valence-corrected chi connectivity index (χ1v) is 6.40. The van der Waals surface area contributed by atoms with E-state index in [0.717, 1.165) is 12.5 Å². The lowest BCUT2D eigenvalue weighted by Gasteiger charge is -2.16. The van der Waals surface area contributed by atoms with Gasteiger partial charge in [-0.2, -0.15) is 8.78 Å². The molecule has 2 nitrogen and oxygen atoms in total. The van der Waals surface area contributed by atoms with Crippen LogP contribution in [0.4, 0.5) is 8.78 Å². The number of aromatic nitrogens is 1. The normalized spacial score (nSPS) is 16.1. The molecule has 0 atom stereocenters. The highest BCUT2D eigenvalue weighted by Crippen LogP contribution is 2.33. The smallest absolute Gasteiger partial charge is 0.287 e. The average molecular weight is 255 g/mol. The van der Waals surface area contributed by atoms with Gasteiger partial charge in [0.25, 0.3) is 5.92 Å². The molecule has 2 rings (SSSR count). The molecule has 1 aliphatic carbocycles. The maximum atomic E-state index is 13.3. The summed E-state index contributed by atoms with van der Waals surface area (Å²) < 4.78 is 32.1. The predicted octanol–water partition coefficient (Wildman–Crippen LogP) is 4.11. The molecule has 1 aromatic heterocycles. The van der Waals surface area contributed by atoms with Crippen molar-refractivity contribution in [3.8, 4) is 5.88 Å². The Labute approximate surface area is 106 Å². The molecule has 0 unspecified atom stereocenters. The van der Waals surface area contributed by atoms with Gasteiger partial charge in [-0.05, 0) is 30.7 Å². The fourth-order valence-electron chi connectivity index (χ4n) is 1.73. The van der Waals surface area contributed by atoms with Gasteiger partial charge in [-0.15, -0.1) is 0 Å². The largest absolute Gasteiger partial charge is 0.477 e. The number of pyridine rings is 1. The van der Waals surface area contributed by atoms with E-state index in [0.29, 0.717) is 18.4 Å². The van der Waals surface area contributed by atoms with Crippen LogP contribution in [0.5, 0.6) is 5.88 Å². The third-order valence-corrected chi connectivity index (χ3v) is 3.11. The molecule has 0 aliphatic heterocycles. The first-order valence-electron chi connectivity index (χ1n) is 6.40. The van der Waals surface area contributed by atoms with Crippen LogP contribution in [0, 0.1) is 5.92 Å². The van der Waals surface area contributed by atoms with E-state index in [9.17, 15) is 8.78 Å². The van der Waals surface area contributed by atoms with Gasteiger partial charge in [0.1, 0.15) is 5.69 Å². The molecule has 0 radical (unpaired) electrons. The van der Waals surface area contributed by atoms with Crippen LogP contribution in [0.25, 0.3) is 0 Å². The number of alkyl halides is 2. The van der Waals surface area contributed by atoms with Crippen LogP contribution in [0.2, 0.25) is 0 Å². The quantitative estimate of drug-likeness (QED) is 0.790. The zero-order valence-corrected chi connectivity index (χ0v) is 11.0. The van der Waals surface area contributed by atoms with Crippen molar-refractivity contribution in [3.63, 3.8) is 0 Å². The second-order valence-electron chi connectivity index (χ2n) is 5.39. The number of hydrogen-bond acceptors (Lipinski definition) is 2. The number of hydrogen-bond donors (Lipinski definition) is 0. The fourth-order valence-corrected chi connectivity index (χ4v) is 1.73. The van der Waals surface area contributed by atoms with Gasteiger partial charge in [-0.3, -0.25) is 0 Å². The van der Waals surface area contributed by atoms with Gasteiger partial charge in [0.2, 0.25) is 5.88 Å². The van der Waals surface area contributed by atoms with Gasteiger partial charge in [0.15, 0.2) is 0 Å². The van der Waals surface area contributed by atoms with Gasteiger partial charge in [-0.25, -0.2) is 4.98 Å². The summed E-state index contributed by atoms with van der Waals surface area (Å²) in [6, 6.07) is 3.09. The summed E-state index contributed by atoms with van der Waals surface area (Å²) >= 11 is 0. The Morgan fingerprint density at radius 2 is 2.06 bits per heavy atom. The number of nitrogens with zero attached hydrogens (tertiary/aromatic N) is 1. The van der Waals surface area contributed by atoms with Crippen molar-refractivity contribution in [2.45, 2.75) is 45.5 Å². The average Bonchev–Trinajstić information content (AvgIpc) is 3.08. The fraction of sp³-hybridized carbons (Fsp3) is 0.643. The SMILES string of the molecule is CC(C)c1ccc(C(C)(F)F)nc1OCC1CC1. The minimum atomic E-state index is -2.92. The zero-order valence-electron chi connectivity index (χ0n) is 11.0. The lowest BCUT2D eigenvalue weighted by molar-refractivity contribution is 0.0120. The van der Waals surface area contributed by atoms with Gasteiger partial charge in [0.05, 0.1) is 6.61 Å². The molecule has 0 spiro atoms. The topological polar surface area (TPSA) is 22.1 Å². The van der Waals surface area contributed by atoms with Crippen LogP contribution < -0.4 is 4.74 Å². The highest BCUT2D eigenvalue weighted by molar-refractivity contribution is 5.32. The summed E-state index contributed by atoms with van der Waals surface area (Å²) in [7, 11) is 0. The monoisotopic (exact) mass is 255 g/mol. The summed E-state index contributed by atoms with van der Waals surface area (Å²) in [5, 5.41) is 0. The van der Waals surface area contributed by atoms with Crippen molar-refractivity contribution in [2.24, 2.45) is 5.92 Å². The predicted molar refractivity (Wildman–Crippen MR) is 66.1 cm³/mol. The van der Waals surface area contributed by atoms with Crippen LogP contribution in [0.3, 0.4) is 0 Å². The van der Waals surface area contributed by atoms with E-state index < -0.39 is 5.92 Å². The van der Waals surface area contributed by atoms with Crippen LogP contribution in [0.1, 0.15) is 50.8 Å². The second kappa shape index (κ2) is 4.82. The van der Waals surface area contributed by atoms with Crippen molar-refractivity contribution >= 4 is 0 Å². The zero-order chi connectivity index (χ0) is 13.3.